The normalized spacial score (nSPS) is 11.8. The summed E-state index contributed by atoms with van der Waals surface area (Å²) in [6, 6.07) is 4.15. The second-order valence-corrected chi connectivity index (χ2v) is 5.09. The molecule has 2 rings (SSSR count). The summed E-state index contributed by atoms with van der Waals surface area (Å²) in [6.07, 6.45) is 5.71. The third kappa shape index (κ3) is 2.59. The van der Waals surface area contributed by atoms with Crippen LogP contribution in [0.15, 0.2) is 30.9 Å². The van der Waals surface area contributed by atoms with E-state index in [0.717, 1.165) is 12.2 Å². The van der Waals surface area contributed by atoms with Crippen LogP contribution in [-0.2, 0) is 12.1 Å². The molecular weight excluding hydrogens is 224 g/mol. The molecule has 0 saturated heterocycles. The minimum absolute atomic E-state index is 0.0887. The predicted molar refractivity (Wildman–Crippen MR) is 72.4 cm³/mol. The number of nitrogens with one attached hydrogen (secondary N) is 1. The summed E-state index contributed by atoms with van der Waals surface area (Å²) in [5, 5.41) is 3.30. The molecule has 18 heavy (non-hydrogen) atoms. The molecule has 4 nitrogen and oxygen atoms in total. The van der Waals surface area contributed by atoms with Crippen LogP contribution in [0.25, 0.3) is 0 Å². The molecule has 2 aromatic rings. The van der Waals surface area contributed by atoms with Gasteiger partial charge in [0.1, 0.15) is 0 Å². The summed E-state index contributed by atoms with van der Waals surface area (Å²) in [6.45, 7) is 7.09. The monoisotopic (exact) mass is 244 g/mol. The number of imidazole rings is 1. The topological polar surface area (TPSA) is 42.7 Å². The zero-order valence-corrected chi connectivity index (χ0v) is 11.4. The van der Waals surface area contributed by atoms with Crippen molar-refractivity contribution in [1.29, 1.82) is 0 Å². The van der Waals surface area contributed by atoms with Gasteiger partial charge in [-0.2, -0.15) is 0 Å². The number of rotatable bonds is 4. The summed E-state index contributed by atoms with van der Waals surface area (Å²) in [7, 11) is 1.96. The molecule has 0 unspecified atom stereocenters. The van der Waals surface area contributed by atoms with Gasteiger partial charge in [-0.3, -0.25) is 4.98 Å². The largest absolute Gasteiger partial charge is 0.328 e. The van der Waals surface area contributed by atoms with Gasteiger partial charge >= 0.3 is 0 Å². The van der Waals surface area contributed by atoms with Crippen molar-refractivity contribution in [2.75, 3.05) is 7.05 Å². The van der Waals surface area contributed by atoms with Gasteiger partial charge in [0.15, 0.2) is 0 Å². The fourth-order valence-corrected chi connectivity index (χ4v) is 1.88. The summed E-state index contributed by atoms with van der Waals surface area (Å²) in [4.78, 5) is 8.57. The van der Waals surface area contributed by atoms with Crippen LogP contribution >= 0.6 is 0 Å². The van der Waals surface area contributed by atoms with E-state index in [9.17, 15) is 0 Å². The number of hydrogen-bond acceptors (Lipinski definition) is 3. The number of aromatic nitrogens is 3. The lowest BCUT2D eigenvalue weighted by atomic mass is 10.0. The van der Waals surface area contributed by atoms with Gasteiger partial charge in [-0.1, -0.05) is 6.07 Å². The smallest absolute Gasteiger partial charge is 0.0951 e. The molecule has 0 aliphatic carbocycles. The summed E-state index contributed by atoms with van der Waals surface area (Å²) >= 11 is 0. The van der Waals surface area contributed by atoms with Crippen LogP contribution in [0.1, 0.15) is 30.8 Å². The first-order valence-corrected chi connectivity index (χ1v) is 6.14. The number of pyridine rings is 1. The van der Waals surface area contributed by atoms with Gasteiger partial charge in [-0.25, -0.2) is 4.98 Å². The minimum Gasteiger partial charge on any atom is -0.328 e. The van der Waals surface area contributed by atoms with Crippen molar-refractivity contribution in [3.63, 3.8) is 0 Å². The number of aryl methyl sites for hydroxylation is 1. The van der Waals surface area contributed by atoms with Crippen LogP contribution in [-0.4, -0.2) is 21.6 Å². The van der Waals surface area contributed by atoms with Gasteiger partial charge in [-0.05, 0) is 39.4 Å². The highest BCUT2D eigenvalue weighted by Crippen LogP contribution is 2.19. The minimum atomic E-state index is -0.0887. The molecule has 0 radical (unpaired) electrons. The highest BCUT2D eigenvalue weighted by atomic mass is 15.1. The van der Waals surface area contributed by atoms with Crippen molar-refractivity contribution >= 4 is 0 Å². The second kappa shape index (κ2) is 4.90. The average molecular weight is 244 g/mol. The van der Waals surface area contributed by atoms with E-state index in [4.69, 9.17) is 0 Å². The Morgan fingerprint density at radius 1 is 1.28 bits per heavy atom. The summed E-state index contributed by atoms with van der Waals surface area (Å²) < 4.78 is 2.16. The van der Waals surface area contributed by atoms with Crippen molar-refractivity contribution in [2.24, 2.45) is 0 Å². The molecule has 96 valence electrons. The molecule has 0 fully saturated rings. The molecule has 1 N–H and O–H groups in total. The third-order valence-corrected chi connectivity index (χ3v) is 3.30. The molecule has 2 aromatic heterocycles. The molecule has 0 amide bonds. The molecule has 0 spiro atoms. The van der Waals surface area contributed by atoms with E-state index in [1.54, 1.807) is 0 Å². The second-order valence-electron chi connectivity index (χ2n) is 5.09. The SMILES string of the molecule is CNC(C)(C)c1cncn1Cc1ccc(C)nc1. The molecule has 0 aromatic carbocycles. The molecule has 0 bridgehead atoms. The Bertz CT molecular complexity index is 511. The highest BCUT2D eigenvalue weighted by molar-refractivity contribution is 5.17. The molecule has 0 aliphatic heterocycles. The van der Waals surface area contributed by atoms with E-state index in [-0.39, 0.29) is 5.54 Å². The Morgan fingerprint density at radius 2 is 2.06 bits per heavy atom. The summed E-state index contributed by atoms with van der Waals surface area (Å²) in [5.74, 6) is 0. The van der Waals surface area contributed by atoms with Crippen molar-refractivity contribution < 1.29 is 0 Å². The molecule has 0 atom stereocenters. The van der Waals surface area contributed by atoms with E-state index >= 15 is 0 Å². The Kier molecular flexibility index (Phi) is 3.48. The van der Waals surface area contributed by atoms with Gasteiger partial charge < -0.3 is 9.88 Å². The van der Waals surface area contributed by atoms with Crippen molar-refractivity contribution in [2.45, 2.75) is 32.9 Å². The van der Waals surface area contributed by atoms with E-state index in [1.807, 2.05) is 38.8 Å². The fourth-order valence-electron chi connectivity index (χ4n) is 1.88. The van der Waals surface area contributed by atoms with Gasteiger partial charge in [0.05, 0.1) is 30.3 Å². The maximum atomic E-state index is 4.32. The standard InChI is InChI=1S/C14H20N4/c1-11-5-6-12(7-17-11)9-18-10-16-8-13(18)14(2,3)15-4/h5-8,10,15H,9H2,1-4H3. The van der Waals surface area contributed by atoms with Crippen molar-refractivity contribution in [3.05, 3.63) is 47.8 Å². The Hall–Kier alpha value is -1.68. The van der Waals surface area contributed by atoms with Crippen molar-refractivity contribution in [3.8, 4) is 0 Å². The Balaban J connectivity index is 2.25. The quantitative estimate of drug-likeness (QED) is 0.895. The number of hydrogen-bond donors (Lipinski definition) is 1. The lowest BCUT2D eigenvalue weighted by molar-refractivity contribution is 0.413. The van der Waals surface area contributed by atoms with Crippen LogP contribution in [0.4, 0.5) is 0 Å². The average Bonchev–Trinajstić information content (AvgIpc) is 2.81. The Morgan fingerprint density at radius 3 is 2.67 bits per heavy atom. The zero-order chi connectivity index (χ0) is 13.2. The van der Waals surface area contributed by atoms with Crippen LogP contribution in [0.3, 0.4) is 0 Å². The lowest BCUT2D eigenvalue weighted by Gasteiger charge is -2.25. The first kappa shape index (κ1) is 12.8. The Labute approximate surface area is 108 Å². The first-order valence-electron chi connectivity index (χ1n) is 6.14. The first-order chi connectivity index (χ1) is 8.53. The molecule has 4 heteroatoms. The van der Waals surface area contributed by atoms with E-state index in [2.05, 4.69) is 39.8 Å². The zero-order valence-electron chi connectivity index (χ0n) is 11.4. The van der Waals surface area contributed by atoms with E-state index < -0.39 is 0 Å². The third-order valence-electron chi connectivity index (χ3n) is 3.30. The van der Waals surface area contributed by atoms with Gasteiger partial charge in [0, 0.05) is 11.9 Å². The lowest BCUT2D eigenvalue weighted by Crippen LogP contribution is -2.35. The highest BCUT2D eigenvalue weighted by Gasteiger charge is 2.22. The predicted octanol–water partition coefficient (Wildman–Crippen LogP) is 2.09. The van der Waals surface area contributed by atoms with Crippen LogP contribution in [0.5, 0.6) is 0 Å². The molecular formula is C14H20N4. The van der Waals surface area contributed by atoms with Gasteiger partial charge in [0.2, 0.25) is 0 Å². The van der Waals surface area contributed by atoms with Gasteiger partial charge in [0.25, 0.3) is 0 Å². The van der Waals surface area contributed by atoms with Gasteiger partial charge in [-0.15, -0.1) is 0 Å². The molecule has 0 saturated carbocycles. The maximum Gasteiger partial charge on any atom is 0.0951 e. The summed E-state index contributed by atoms with van der Waals surface area (Å²) in [5.41, 5.74) is 3.31. The number of nitrogens with zero attached hydrogens (tertiary/aromatic N) is 3. The molecule has 2 heterocycles. The van der Waals surface area contributed by atoms with Crippen LogP contribution in [0.2, 0.25) is 0 Å². The molecule has 0 aliphatic rings. The maximum absolute atomic E-state index is 4.32. The van der Waals surface area contributed by atoms with E-state index in [0.29, 0.717) is 0 Å². The fraction of sp³-hybridized carbons (Fsp3) is 0.429. The van der Waals surface area contributed by atoms with Crippen LogP contribution < -0.4 is 5.32 Å². The van der Waals surface area contributed by atoms with Crippen molar-refractivity contribution in [1.82, 2.24) is 19.9 Å². The van der Waals surface area contributed by atoms with E-state index in [1.165, 1.54) is 11.3 Å². The van der Waals surface area contributed by atoms with Crippen LogP contribution in [0, 0.1) is 6.92 Å².